The Balaban J connectivity index is 1.38. The highest BCUT2D eigenvalue weighted by molar-refractivity contribution is 5.95. The van der Waals surface area contributed by atoms with Gasteiger partial charge in [-0.05, 0) is 98.0 Å². The molecule has 4 aromatic carbocycles. The van der Waals surface area contributed by atoms with Gasteiger partial charge in [0.25, 0.3) is 11.8 Å². The van der Waals surface area contributed by atoms with Gasteiger partial charge < -0.3 is 35.7 Å². The Labute approximate surface area is 425 Å². The van der Waals surface area contributed by atoms with Crippen molar-refractivity contribution in [2.45, 2.75) is 96.6 Å². The molecule has 4 aromatic rings. The number of ketones is 2. The van der Waals surface area contributed by atoms with Crippen molar-refractivity contribution in [2.24, 2.45) is 11.7 Å². The molecule has 0 radical (unpaired) electrons. The van der Waals surface area contributed by atoms with Gasteiger partial charge in [-0.1, -0.05) is 84.9 Å². The number of hydrogen-bond donors (Lipinski definition) is 3. The van der Waals surface area contributed by atoms with Crippen molar-refractivity contribution in [1.29, 1.82) is 0 Å². The Morgan fingerprint density at radius 3 is 1.53 bits per heavy atom. The van der Waals surface area contributed by atoms with E-state index in [4.69, 9.17) is 20.1 Å². The van der Waals surface area contributed by atoms with E-state index in [-0.39, 0.29) is 99.9 Å². The minimum Gasteiger partial charge on any atom is -0.449 e. The van der Waals surface area contributed by atoms with Crippen molar-refractivity contribution in [3.05, 3.63) is 131 Å². The van der Waals surface area contributed by atoms with Crippen molar-refractivity contribution < 1.29 is 57.6 Å². The predicted octanol–water partition coefficient (Wildman–Crippen LogP) is 6.32. The molecular formula is C55H66N6O12. The summed E-state index contributed by atoms with van der Waals surface area (Å²) in [4.78, 5) is 132. The summed E-state index contributed by atoms with van der Waals surface area (Å²) < 4.78 is 5.82. The number of benzene rings is 4. The summed E-state index contributed by atoms with van der Waals surface area (Å²) in [5.41, 5.74) is 10.1. The SMILES string of the molecule is CC(=O)N(C)CCC[C@H](CC(=O)[C@H](CCCN(OC(=O)c1ccccc1)C(C)=O)NC(=O)[C@H](CCCN(OC(=O)c1ccccc1)C(C)=O)NC(=O)OCC1c2ccccc2-c2ccccc21)C(=O)CCCN. The van der Waals surface area contributed by atoms with E-state index in [1.807, 2.05) is 48.5 Å². The number of nitrogens with two attached hydrogens (primary N) is 1. The fourth-order valence-electron chi connectivity index (χ4n) is 8.48. The van der Waals surface area contributed by atoms with Gasteiger partial charge in [-0.15, -0.1) is 0 Å². The summed E-state index contributed by atoms with van der Waals surface area (Å²) in [6, 6.07) is 29.0. The summed E-state index contributed by atoms with van der Waals surface area (Å²) >= 11 is 0. The van der Waals surface area contributed by atoms with E-state index in [0.717, 1.165) is 32.4 Å². The molecule has 1 aliphatic rings. The van der Waals surface area contributed by atoms with Gasteiger partial charge in [-0.2, -0.15) is 10.1 Å². The molecule has 18 nitrogen and oxygen atoms in total. The summed E-state index contributed by atoms with van der Waals surface area (Å²) in [5.74, 6) is -5.56. The van der Waals surface area contributed by atoms with Crippen LogP contribution in [0.1, 0.15) is 116 Å². The Morgan fingerprint density at radius 1 is 0.562 bits per heavy atom. The van der Waals surface area contributed by atoms with Crippen LogP contribution in [0.4, 0.5) is 4.79 Å². The standard InChI is InChI=1S/C55H66N6O12/c1-37(62)59(4)32-16-23-42(50(65)30-15-31-56)35-51(66)48(28-17-33-60(38(2)63)72-53(68)40-19-7-5-8-20-40)57-52(67)49(29-18-34-61(39(3)64)73-54(69)41-21-9-6-10-22-41)58-55(70)71-36-47-45-26-13-11-24-43(45)44-25-12-14-27-46(44)47/h5-14,19-22,24-27,42,47-49H,15-18,23,28-36,56H2,1-4H3,(H,57,67)(H,58,70)/t42-,48+,49+/m1/s1. The summed E-state index contributed by atoms with van der Waals surface area (Å²) in [6.45, 7) is 3.99. The number of carbonyl (C=O) groups excluding carboxylic acids is 9. The van der Waals surface area contributed by atoms with Gasteiger partial charge in [-0.3, -0.25) is 28.8 Å². The summed E-state index contributed by atoms with van der Waals surface area (Å²) in [6.07, 6.45) is -0.274. The molecule has 388 valence electrons. The zero-order valence-corrected chi connectivity index (χ0v) is 41.9. The van der Waals surface area contributed by atoms with E-state index >= 15 is 0 Å². The van der Waals surface area contributed by atoms with E-state index in [2.05, 4.69) is 10.6 Å². The zero-order chi connectivity index (χ0) is 52.9. The van der Waals surface area contributed by atoms with Crippen LogP contribution in [0.5, 0.6) is 0 Å². The van der Waals surface area contributed by atoms with E-state index < -0.39 is 59.5 Å². The highest BCUT2D eigenvalue weighted by Gasteiger charge is 2.33. The maximum absolute atomic E-state index is 14.6. The Hall–Kier alpha value is -7.73. The molecule has 0 aliphatic heterocycles. The first-order valence-electron chi connectivity index (χ1n) is 24.6. The molecule has 5 amide bonds. The third-order valence-electron chi connectivity index (χ3n) is 12.6. The molecule has 0 saturated heterocycles. The fraction of sp³-hybridized carbons (Fsp3) is 0.400. The van der Waals surface area contributed by atoms with Gasteiger partial charge >= 0.3 is 18.0 Å². The third kappa shape index (κ3) is 16.9. The molecule has 0 aromatic heterocycles. The largest absolute Gasteiger partial charge is 0.449 e. The van der Waals surface area contributed by atoms with Crippen molar-refractivity contribution in [3.8, 4) is 11.1 Å². The molecule has 0 saturated carbocycles. The fourth-order valence-corrected chi connectivity index (χ4v) is 8.48. The maximum atomic E-state index is 14.6. The van der Waals surface area contributed by atoms with Crippen molar-refractivity contribution >= 4 is 53.2 Å². The minimum absolute atomic E-state index is 0.00872. The second kappa shape index (κ2) is 28.3. The quantitative estimate of drug-likeness (QED) is 0.0584. The molecule has 3 atom stereocenters. The number of fused-ring (bicyclic) bond motifs is 3. The van der Waals surface area contributed by atoms with Crippen LogP contribution in [0.2, 0.25) is 0 Å². The van der Waals surface area contributed by atoms with Crippen LogP contribution in [0, 0.1) is 5.92 Å². The van der Waals surface area contributed by atoms with Crippen molar-refractivity contribution in [2.75, 3.05) is 39.8 Å². The number of Topliss-reactive ketones (excluding diaryl/α,β-unsaturated/α-hetero) is 2. The second-order valence-electron chi connectivity index (χ2n) is 17.9. The number of alkyl carbamates (subject to hydrolysis) is 1. The zero-order valence-electron chi connectivity index (χ0n) is 41.9. The molecule has 5 rings (SSSR count). The highest BCUT2D eigenvalue weighted by Crippen LogP contribution is 2.44. The Morgan fingerprint density at radius 2 is 1.04 bits per heavy atom. The van der Waals surface area contributed by atoms with E-state index in [1.54, 1.807) is 43.4 Å². The summed E-state index contributed by atoms with van der Waals surface area (Å²) in [5, 5.41) is 7.15. The van der Waals surface area contributed by atoms with Gasteiger partial charge in [0.15, 0.2) is 5.78 Å². The molecule has 18 heteroatoms. The molecule has 0 spiro atoms. The number of carbonyl (C=O) groups is 9. The average molecular weight is 1000 g/mol. The molecule has 1 aliphatic carbocycles. The van der Waals surface area contributed by atoms with Gasteiger partial charge in [0.1, 0.15) is 18.4 Å². The van der Waals surface area contributed by atoms with Gasteiger partial charge in [0.2, 0.25) is 11.8 Å². The number of hydroxylamine groups is 4. The predicted molar refractivity (Wildman–Crippen MR) is 270 cm³/mol. The van der Waals surface area contributed by atoms with Crippen LogP contribution in [0.15, 0.2) is 109 Å². The Kier molecular flexibility index (Phi) is 21.8. The second-order valence-corrected chi connectivity index (χ2v) is 17.9. The lowest BCUT2D eigenvalue weighted by Gasteiger charge is -2.26. The summed E-state index contributed by atoms with van der Waals surface area (Å²) in [7, 11) is 1.63. The lowest BCUT2D eigenvalue weighted by molar-refractivity contribution is -0.165. The smallest absolute Gasteiger partial charge is 0.407 e. The normalized spacial score (nSPS) is 12.7. The first-order chi connectivity index (χ1) is 35.1. The molecule has 0 unspecified atom stereocenters. The number of rotatable bonds is 26. The van der Waals surface area contributed by atoms with Gasteiger partial charge in [0.05, 0.1) is 30.3 Å². The van der Waals surface area contributed by atoms with Crippen molar-refractivity contribution in [3.63, 3.8) is 0 Å². The number of hydrogen-bond acceptors (Lipinski definition) is 13. The first-order valence-corrected chi connectivity index (χ1v) is 24.6. The molecule has 4 N–H and O–H groups in total. The van der Waals surface area contributed by atoms with Crippen LogP contribution in [-0.4, -0.2) is 120 Å². The van der Waals surface area contributed by atoms with Gasteiger partial charge in [-0.25, -0.2) is 14.4 Å². The topological polar surface area (TPSA) is 241 Å². The van der Waals surface area contributed by atoms with Crippen LogP contribution in [0.25, 0.3) is 11.1 Å². The molecular weight excluding hydrogens is 937 g/mol. The van der Waals surface area contributed by atoms with E-state index in [0.29, 0.717) is 19.4 Å². The first kappa shape index (κ1) is 56.2. The van der Waals surface area contributed by atoms with E-state index in [9.17, 15) is 43.2 Å². The monoisotopic (exact) mass is 1000 g/mol. The van der Waals surface area contributed by atoms with E-state index in [1.165, 1.54) is 49.9 Å². The number of ether oxygens (including phenoxy) is 1. The maximum Gasteiger partial charge on any atom is 0.407 e. The lowest BCUT2D eigenvalue weighted by Crippen LogP contribution is -2.52. The minimum atomic E-state index is -1.38. The molecule has 0 bridgehead atoms. The van der Waals surface area contributed by atoms with Gasteiger partial charge in [0, 0.05) is 59.0 Å². The lowest BCUT2D eigenvalue weighted by atomic mass is 9.87. The van der Waals surface area contributed by atoms with Crippen LogP contribution in [-0.2, 0) is 43.2 Å². The van der Waals surface area contributed by atoms with Crippen LogP contribution < -0.4 is 16.4 Å². The Bertz CT molecular complexity index is 2510. The molecule has 0 heterocycles. The molecule has 0 fully saturated rings. The third-order valence-corrected chi connectivity index (χ3v) is 12.6. The highest BCUT2D eigenvalue weighted by atomic mass is 16.7. The average Bonchev–Trinajstić information content (AvgIpc) is 3.71. The van der Waals surface area contributed by atoms with Crippen LogP contribution >= 0.6 is 0 Å². The number of nitrogens with zero attached hydrogens (tertiary/aromatic N) is 3. The number of nitrogens with one attached hydrogen (secondary N) is 2. The molecule has 73 heavy (non-hydrogen) atoms. The number of amides is 5. The van der Waals surface area contributed by atoms with Crippen LogP contribution in [0.3, 0.4) is 0 Å². The van der Waals surface area contributed by atoms with Crippen molar-refractivity contribution in [1.82, 2.24) is 25.7 Å².